The van der Waals surface area contributed by atoms with E-state index in [1.54, 1.807) is 6.92 Å². The minimum atomic E-state index is -1.03. The van der Waals surface area contributed by atoms with E-state index in [1.807, 2.05) is 0 Å². The lowest BCUT2D eigenvalue weighted by Crippen LogP contribution is -2.04. The van der Waals surface area contributed by atoms with E-state index >= 15 is 0 Å². The number of aliphatic carboxylic acids is 1. The molecule has 0 amide bonds. The fourth-order valence-corrected chi connectivity index (χ4v) is 0.692. The van der Waals surface area contributed by atoms with Gasteiger partial charge in [0.25, 0.3) is 0 Å². The van der Waals surface area contributed by atoms with Gasteiger partial charge >= 0.3 is 5.97 Å². The average molecular weight is 183 g/mol. The predicted octanol–water partition coefficient (Wildman–Crippen LogP) is 1.02. The van der Waals surface area contributed by atoms with Crippen molar-refractivity contribution in [2.75, 3.05) is 7.11 Å². The highest BCUT2D eigenvalue weighted by Gasteiger charge is 2.05. The van der Waals surface area contributed by atoms with Gasteiger partial charge in [-0.1, -0.05) is 12.7 Å². The quantitative estimate of drug-likeness (QED) is 0.387. The van der Waals surface area contributed by atoms with Gasteiger partial charge in [-0.3, -0.25) is 0 Å². The van der Waals surface area contributed by atoms with Gasteiger partial charge in [-0.15, -0.1) is 0 Å². The topological polar surface area (TPSA) is 72.6 Å². The molecule has 0 aromatic rings. The predicted molar refractivity (Wildman–Crippen MR) is 49.8 cm³/mol. The summed E-state index contributed by atoms with van der Waals surface area (Å²) in [7, 11) is 1.40. The van der Waals surface area contributed by atoms with E-state index < -0.39 is 5.97 Å². The summed E-state index contributed by atoms with van der Waals surface area (Å²) in [6.45, 7) is 5.05. The van der Waals surface area contributed by atoms with Crippen molar-refractivity contribution in [2.24, 2.45) is 5.73 Å². The van der Waals surface area contributed by atoms with Gasteiger partial charge < -0.3 is 15.6 Å². The summed E-state index contributed by atoms with van der Waals surface area (Å²) in [6.07, 6.45) is 2.77. The van der Waals surface area contributed by atoms with Crippen LogP contribution in [0.2, 0.25) is 0 Å². The standard InChI is InChI=1S/C9H13NO3/c1-4-7(9(11)12)5-8(13-3)6(2)10/h4-5H,2,10H2,1,3H3,(H,11,12)/b7-4+,8-5+. The first-order valence-corrected chi connectivity index (χ1v) is 3.63. The molecule has 0 radical (unpaired) electrons. The molecule has 0 saturated carbocycles. The van der Waals surface area contributed by atoms with Crippen molar-refractivity contribution in [1.82, 2.24) is 0 Å². The molecule has 0 fully saturated rings. The van der Waals surface area contributed by atoms with E-state index in [4.69, 9.17) is 15.6 Å². The Kier molecular flexibility index (Phi) is 4.37. The van der Waals surface area contributed by atoms with Gasteiger partial charge in [-0.2, -0.15) is 0 Å². The second-order valence-electron chi connectivity index (χ2n) is 2.29. The number of carboxylic acids is 1. The fourth-order valence-electron chi connectivity index (χ4n) is 0.692. The largest absolute Gasteiger partial charge is 0.495 e. The zero-order chi connectivity index (χ0) is 10.4. The van der Waals surface area contributed by atoms with Crippen LogP contribution in [-0.2, 0) is 9.53 Å². The SMILES string of the molecule is C=C(N)/C(=C\C(=C/C)C(=O)O)OC. The highest BCUT2D eigenvalue weighted by atomic mass is 16.5. The van der Waals surface area contributed by atoms with Crippen LogP contribution >= 0.6 is 0 Å². The number of allylic oxidation sites excluding steroid dienone is 1. The molecule has 0 aliphatic rings. The molecule has 0 bridgehead atoms. The molecular weight excluding hydrogens is 170 g/mol. The minimum Gasteiger partial charge on any atom is -0.495 e. The lowest BCUT2D eigenvalue weighted by atomic mass is 10.2. The molecule has 0 aliphatic carbocycles. The molecule has 0 rings (SSSR count). The lowest BCUT2D eigenvalue weighted by molar-refractivity contribution is -0.132. The summed E-state index contributed by atoms with van der Waals surface area (Å²) >= 11 is 0. The highest BCUT2D eigenvalue weighted by Crippen LogP contribution is 2.07. The van der Waals surface area contributed by atoms with Crippen LogP contribution in [-0.4, -0.2) is 18.2 Å². The number of carboxylic acid groups (broad SMARTS) is 1. The number of hydrogen-bond acceptors (Lipinski definition) is 3. The maximum absolute atomic E-state index is 10.6. The first-order chi connectivity index (χ1) is 6.02. The molecule has 0 aromatic heterocycles. The third kappa shape index (κ3) is 3.46. The Hall–Kier alpha value is -1.71. The smallest absolute Gasteiger partial charge is 0.335 e. The highest BCUT2D eigenvalue weighted by molar-refractivity contribution is 5.89. The summed E-state index contributed by atoms with van der Waals surface area (Å²) in [5.74, 6) is -0.770. The maximum Gasteiger partial charge on any atom is 0.335 e. The van der Waals surface area contributed by atoms with Gasteiger partial charge in [0.1, 0.15) is 5.76 Å². The average Bonchev–Trinajstić information content (AvgIpc) is 2.05. The molecule has 0 aliphatic heterocycles. The molecule has 4 nitrogen and oxygen atoms in total. The Labute approximate surface area is 77.0 Å². The summed E-state index contributed by atoms with van der Waals surface area (Å²) < 4.78 is 4.83. The zero-order valence-electron chi connectivity index (χ0n) is 7.70. The normalized spacial score (nSPS) is 12.5. The molecule has 13 heavy (non-hydrogen) atoms. The van der Waals surface area contributed by atoms with Gasteiger partial charge in [-0.25, -0.2) is 4.79 Å². The molecule has 0 atom stereocenters. The van der Waals surface area contributed by atoms with Crippen LogP contribution in [0.15, 0.2) is 35.8 Å². The number of nitrogens with two attached hydrogens (primary N) is 1. The maximum atomic E-state index is 10.6. The molecule has 0 aromatic carbocycles. The molecule has 0 heterocycles. The van der Waals surface area contributed by atoms with Crippen molar-refractivity contribution in [3.63, 3.8) is 0 Å². The van der Waals surface area contributed by atoms with E-state index in [9.17, 15) is 4.79 Å². The van der Waals surface area contributed by atoms with E-state index in [-0.39, 0.29) is 17.0 Å². The van der Waals surface area contributed by atoms with E-state index in [2.05, 4.69) is 6.58 Å². The van der Waals surface area contributed by atoms with E-state index in [0.29, 0.717) is 0 Å². The van der Waals surface area contributed by atoms with Crippen molar-refractivity contribution in [3.05, 3.63) is 35.8 Å². The Balaban J connectivity index is 4.87. The monoisotopic (exact) mass is 183 g/mol. The third-order valence-corrected chi connectivity index (χ3v) is 1.38. The lowest BCUT2D eigenvalue weighted by Gasteiger charge is -2.04. The number of rotatable bonds is 4. The summed E-state index contributed by atoms with van der Waals surface area (Å²) in [5.41, 5.74) is 5.65. The Bertz CT molecular complexity index is 277. The summed E-state index contributed by atoms with van der Waals surface area (Å²) in [4.78, 5) is 10.6. The van der Waals surface area contributed by atoms with Crippen LogP contribution in [0.25, 0.3) is 0 Å². The molecule has 3 N–H and O–H groups in total. The molecular formula is C9H13NO3. The second-order valence-corrected chi connectivity index (χ2v) is 2.29. The number of methoxy groups -OCH3 is 1. The number of hydrogen-bond donors (Lipinski definition) is 2. The second kappa shape index (κ2) is 5.03. The zero-order valence-corrected chi connectivity index (χ0v) is 7.70. The first-order valence-electron chi connectivity index (χ1n) is 3.63. The van der Waals surface area contributed by atoms with Crippen molar-refractivity contribution in [2.45, 2.75) is 6.92 Å². The summed E-state index contributed by atoms with van der Waals surface area (Å²) in [6, 6.07) is 0. The number of carbonyl (C=O) groups is 1. The van der Waals surface area contributed by atoms with Gasteiger partial charge in [0.05, 0.1) is 18.4 Å². The van der Waals surface area contributed by atoms with Crippen LogP contribution in [0, 0.1) is 0 Å². The van der Waals surface area contributed by atoms with Gasteiger partial charge in [-0.05, 0) is 13.0 Å². The van der Waals surface area contributed by atoms with E-state index in [0.717, 1.165) is 0 Å². The van der Waals surface area contributed by atoms with Crippen LogP contribution in [0.1, 0.15) is 6.92 Å². The Morgan fingerprint density at radius 1 is 1.62 bits per heavy atom. The van der Waals surface area contributed by atoms with Gasteiger partial charge in [0, 0.05) is 0 Å². The van der Waals surface area contributed by atoms with Crippen LogP contribution < -0.4 is 5.73 Å². The molecule has 0 saturated heterocycles. The minimum absolute atomic E-state index is 0.114. The van der Waals surface area contributed by atoms with E-state index in [1.165, 1.54) is 19.3 Å². The van der Waals surface area contributed by atoms with Gasteiger partial charge in [0.15, 0.2) is 0 Å². The molecule has 0 spiro atoms. The molecule has 4 heteroatoms. The van der Waals surface area contributed by atoms with Crippen molar-refractivity contribution in [3.8, 4) is 0 Å². The third-order valence-electron chi connectivity index (χ3n) is 1.38. The first kappa shape index (κ1) is 11.3. The Morgan fingerprint density at radius 2 is 2.15 bits per heavy atom. The summed E-state index contributed by atoms with van der Waals surface area (Å²) in [5, 5.41) is 8.66. The van der Waals surface area contributed by atoms with Crippen molar-refractivity contribution >= 4 is 5.97 Å². The van der Waals surface area contributed by atoms with Crippen LogP contribution in [0.5, 0.6) is 0 Å². The van der Waals surface area contributed by atoms with Crippen molar-refractivity contribution < 1.29 is 14.6 Å². The number of ether oxygens (including phenoxy) is 1. The van der Waals surface area contributed by atoms with Crippen molar-refractivity contribution in [1.29, 1.82) is 0 Å². The molecule has 0 unspecified atom stereocenters. The van der Waals surface area contributed by atoms with Crippen LogP contribution in [0.4, 0.5) is 0 Å². The van der Waals surface area contributed by atoms with Gasteiger partial charge in [0.2, 0.25) is 0 Å². The van der Waals surface area contributed by atoms with Crippen LogP contribution in [0.3, 0.4) is 0 Å². The Morgan fingerprint density at radius 3 is 2.38 bits per heavy atom. The fraction of sp³-hybridized carbons (Fsp3) is 0.222. The molecule has 72 valence electrons.